The van der Waals surface area contributed by atoms with E-state index in [2.05, 4.69) is 16.5 Å². The molecule has 0 radical (unpaired) electrons. The summed E-state index contributed by atoms with van der Waals surface area (Å²) in [5.74, 6) is 0.910. The molecule has 1 heterocycles. The van der Waals surface area contributed by atoms with Crippen LogP contribution in [0.25, 0.3) is 5.76 Å². The summed E-state index contributed by atoms with van der Waals surface area (Å²) in [5, 5.41) is 0. The molecule has 0 amide bonds. The Hall–Kier alpha value is -1.58. The Labute approximate surface area is 71.1 Å². The van der Waals surface area contributed by atoms with Gasteiger partial charge in [-0.05, 0) is 6.92 Å². The van der Waals surface area contributed by atoms with Crippen LogP contribution < -0.4 is 5.73 Å². The number of anilines is 1. The summed E-state index contributed by atoms with van der Waals surface area (Å²) in [6.45, 7) is 6.14. The van der Waals surface area contributed by atoms with E-state index in [9.17, 15) is 0 Å². The van der Waals surface area contributed by atoms with Gasteiger partial charge in [0.2, 0.25) is 0 Å². The zero-order valence-electron chi connectivity index (χ0n) is 6.95. The second kappa shape index (κ2) is 3.71. The van der Waals surface area contributed by atoms with Gasteiger partial charge in [0, 0.05) is 0 Å². The molecule has 0 aliphatic heterocycles. The highest BCUT2D eigenvalue weighted by Gasteiger charge is 1.99. The highest BCUT2D eigenvalue weighted by molar-refractivity contribution is 5.52. The number of nitrogens with zero attached hydrogens (tertiary/aromatic N) is 2. The largest absolute Gasteiger partial charge is 0.492 e. The van der Waals surface area contributed by atoms with Crippen LogP contribution in [0.4, 0.5) is 5.82 Å². The van der Waals surface area contributed by atoms with Crippen LogP contribution in [0, 0.1) is 0 Å². The Bertz CT molecular complexity index is 268. The van der Waals surface area contributed by atoms with Crippen LogP contribution in [-0.4, -0.2) is 16.6 Å². The lowest BCUT2D eigenvalue weighted by Crippen LogP contribution is -1.97. The quantitative estimate of drug-likeness (QED) is 0.680. The van der Waals surface area contributed by atoms with E-state index in [0.717, 1.165) is 0 Å². The van der Waals surface area contributed by atoms with Crippen molar-refractivity contribution in [2.45, 2.75) is 6.92 Å². The Morgan fingerprint density at radius 2 is 2.33 bits per heavy atom. The van der Waals surface area contributed by atoms with Crippen LogP contribution in [0.15, 0.2) is 19.0 Å². The molecule has 0 aliphatic rings. The molecule has 0 saturated carbocycles. The molecule has 1 aromatic heterocycles. The van der Waals surface area contributed by atoms with Gasteiger partial charge in [0.15, 0.2) is 0 Å². The average Bonchev–Trinajstić information content (AvgIpc) is 2.06. The third-order valence-electron chi connectivity index (χ3n) is 1.28. The molecule has 0 unspecified atom stereocenters. The smallest absolute Gasteiger partial charge is 0.141 e. The first kappa shape index (κ1) is 8.52. The van der Waals surface area contributed by atoms with Gasteiger partial charge in [-0.2, -0.15) is 0 Å². The lowest BCUT2D eigenvalue weighted by Gasteiger charge is -2.04. The fourth-order valence-electron chi connectivity index (χ4n) is 0.730. The molecule has 12 heavy (non-hydrogen) atoms. The molecule has 64 valence electrons. The molecule has 1 aromatic rings. The number of nitrogens with two attached hydrogens (primary N) is 1. The summed E-state index contributed by atoms with van der Waals surface area (Å²) in [6.07, 6.45) is 3.01. The third-order valence-corrected chi connectivity index (χ3v) is 1.28. The highest BCUT2D eigenvalue weighted by Crippen LogP contribution is 2.09. The maximum Gasteiger partial charge on any atom is 0.141 e. The molecule has 0 bridgehead atoms. The van der Waals surface area contributed by atoms with Crippen LogP contribution in [-0.2, 0) is 4.74 Å². The van der Waals surface area contributed by atoms with Gasteiger partial charge in [0.05, 0.1) is 19.0 Å². The van der Waals surface area contributed by atoms with Crippen molar-refractivity contribution in [3.8, 4) is 0 Å². The van der Waals surface area contributed by atoms with E-state index < -0.39 is 0 Å². The molecular formula is C8H11N3O. The number of rotatable bonds is 3. The first-order valence-corrected chi connectivity index (χ1v) is 3.63. The van der Waals surface area contributed by atoms with Crippen molar-refractivity contribution in [2.24, 2.45) is 0 Å². The number of hydrogen-bond donors (Lipinski definition) is 1. The predicted octanol–water partition coefficient (Wildman–Crippen LogP) is 1.07. The summed E-state index contributed by atoms with van der Waals surface area (Å²) < 4.78 is 5.13. The van der Waals surface area contributed by atoms with Crippen molar-refractivity contribution in [1.29, 1.82) is 0 Å². The Morgan fingerprint density at radius 1 is 1.58 bits per heavy atom. The fraction of sp³-hybridized carbons (Fsp3) is 0.250. The molecule has 0 atom stereocenters. The van der Waals surface area contributed by atoms with Gasteiger partial charge in [-0.25, -0.2) is 9.97 Å². The van der Waals surface area contributed by atoms with E-state index in [-0.39, 0.29) is 0 Å². The standard InChI is InChI=1S/C8H11N3O/c1-3-12-6(2)7-4-11-8(9)5-10-7/h4-5H,2-3H2,1H3,(H2,9,11). The summed E-state index contributed by atoms with van der Waals surface area (Å²) in [6, 6.07) is 0. The lowest BCUT2D eigenvalue weighted by molar-refractivity contribution is 0.297. The molecule has 0 aromatic carbocycles. The molecule has 4 nitrogen and oxygen atoms in total. The van der Waals surface area contributed by atoms with E-state index in [4.69, 9.17) is 10.5 Å². The number of ether oxygens (including phenoxy) is 1. The lowest BCUT2D eigenvalue weighted by atomic mass is 10.4. The van der Waals surface area contributed by atoms with E-state index in [0.29, 0.717) is 23.9 Å². The summed E-state index contributed by atoms with van der Waals surface area (Å²) in [4.78, 5) is 7.84. The van der Waals surface area contributed by atoms with Crippen molar-refractivity contribution in [3.05, 3.63) is 24.7 Å². The molecule has 2 N–H and O–H groups in total. The first-order chi connectivity index (χ1) is 5.74. The second-order valence-electron chi connectivity index (χ2n) is 2.18. The highest BCUT2D eigenvalue weighted by atomic mass is 16.5. The zero-order valence-corrected chi connectivity index (χ0v) is 6.95. The summed E-state index contributed by atoms with van der Waals surface area (Å²) in [5.41, 5.74) is 5.97. The van der Waals surface area contributed by atoms with Crippen LogP contribution in [0.3, 0.4) is 0 Å². The normalized spacial score (nSPS) is 9.42. The topological polar surface area (TPSA) is 61.0 Å². The number of nitrogen functional groups attached to an aromatic ring is 1. The van der Waals surface area contributed by atoms with Crippen molar-refractivity contribution >= 4 is 11.6 Å². The Kier molecular flexibility index (Phi) is 2.63. The van der Waals surface area contributed by atoms with Crippen LogP contribution in [0.1, 0.15) is 12.6 Å². The van der Waals surface area contributed by atoms with Gasteiger partial charge < -0.3 is 10.5 Å². The van der Waals surface area contributed by atoms with Gasteiger partial charge >= 0.3 is 0 Å². The zero-order chi connectivity index (χ0) is 8.97. The molecule has 0 fully saturated rings. The number of aromatic nitrogens is 2. The third kappa shape index (κ3) is 1.95. The van der Waals surface area contributed by atoms with Crippen LogP contribution in [0.5, 0.6) is 0 Å². The van der Waals surface area contributed by atoms with Crippen molar-refractivity contribution in [2.75, 3.05) is 12.3 Å². The van der Waals surface area contributed by atoms with Gasteiger partial charge in [-0.15, -0.1) is 0 Å². The SMILES string of the molecule is C=C(OCC)c1cnc(N)cn1. The first-order valence-electron chi connectivity index (χ1n) is 3.63. The van der Waals surface area contributed by atoms with Crippen molar-refractivity contribution in [1.82, 2.24) is 9.97 Å². The van der Waals surface area contributed by atoms with Gasteiger partial charge in [0.1, 0.15) is 17.3 Å². The molecular weight excluding hydrogens is 154 g/mol. The molecule has 0 saturated heterocycles. The minimum Gasteiger partial charge on any atom is -0.492 e. The maximum atomic E-state index is 5.36. The van der Waals surface area contributed by atoms with E-state index in [1.807, 2.05) is 6.92 Å². The van der Waals surface area contributed by atoms with E-state index in [1.165, 1.54) is 12.4 Å². The molecule has 0 spiro atoms. The van der Waals surface area contributed by atoms with Gasteiger partial charge in [-0.1, -0.05) is 6.58 Å². The minimum absolute atomic E-state index is 0.392. The van der Waals surface area contributed by atoms with Crippen LogP contribution >= 0.6 is 0 Å². The second-order valence-corrected chi connectivity index (χ2v) is 2.18. The van der Waals surface area contributed by atoms with E-state index in [1.54, 1.807) is 0 Å². The van der Waals surface area contributed by atoms with Crippen molar-refractivity contribution < 1.29 is 4.74 Å². The summed E-state index contributed by atoms with van der Waals surface area (Å²) >= 11 is 0. The monoisotopic (exact) mass is 165 g/mol. The predicted molar refractivity (Wildman–Crippen MR) is 47.1 cm³/mol. The Balaban J connectivity index is 2.75. The van der Waals surface area contributed by atoms with E-state index >= 15 is 0 Å². The van der Waals surface area contributed by atoms with Gasteiger partial charge in [0.25, 0.3) is 0 Å². The van der Waals surface area contributed by atoms with Gasteiger partial charge in [-0.3, -0.25) is 0 Å². The number of hydrogen-bond acceptors (Lipinski definition) is 4. The van der Waals surface area contributed by atoms with Crippen LogP contribution in [0.2, 0.25) is 0 Å². The van der Waals surface area contributed by atoms with Crippen molar-refractivity contribution in [3.63, 3.8) is 0 Å². The molecule has 0 aliphatic carbocycles. The minimum atomic E-state index is 0.392. The average molecular weight is 165 g/mol. The molecule has 4 heteroatoms. The fourth-order valence-corrected chi connectivity index (χ4v) is 0.730. The molecule has 1 rings (SSSR count). The maximum absolute atomic E-state index is 5.36. The Morgan fingerprint density at radius 3 is 2.83 bits per heavy atom. The summed E-state index contributed by atoms with van der Waals surface area (Å²) in [7, 11) is 0.